The number of ether oxygens (including phenoxy) is 1. The molecular formula is C11H18O2. The van der Waals surface area contributed by atoms with Crippen LogP contribution in [0, 0.1) is 0 Å². The summed E-state index contributed by atoms with van der Waals surface area (Å²) in [4.78, 5) is 10.6. The van der Waals surface area contributed by atoms with E-state index in [1.807, 2.05) is 13.0 Å². The number of methoxy groups -OCH3 is 1. The standard InChI is InChI=1S/C11H18O2/c1-3-4-5-6-7-8-9-10-11(12)13-2/h3-4,9-10H,5-8H2,1-2H3. The number of hydrogen-bond acceptors (Lipinski definition) is 2. The Balaban J connectivity index is 3.25. The lowest BCUT2D eigenvalue weighted by atomic mass is 10.2. The minimum Gasteiger partial charge on any atom is -0.466 e. The summed E-state index contributed by atoms with van der Waals surface area (Å²) in [6.07, 6.45) is 11.9. The highest BCUT2D eigenvalue weighted by Crippen LogP contribution is 2.01. The molecule has 0 saturated heterocycles. The first-order valence-electron chi connectivity index (χ1n) is 4.67. The van der Waals surface area contributed by atoms with Crippen LogP contribution >= 0.6 is 0 Å². The van der Waals surface area contributed by atoms with Gasteiger partial charge in [-0.2, -0.15) is 0 Å². The van der Waals surface area contributed by atoms with Gasteiger partial charge in [-0.25, -0.2) is 4.79 Å². The molecule has 0 rings (SSSR count). The number of unbranched alkanes of at least 4 members (excludes halogenated alkanes) is 3. The zero-order valence-corrected chi connectivity index (χ0v) is 8.45. The molecule has 0 bridgehead atoms. The SMILES string of the molecule is CC=CCCCCC=CC(=O)OC. The Morgan fingerprint density at radius 1 is 1.23 bits per heavy atom. The van der Waals surface area contributed by atoms with E-state index in [1.54, 1.807) is 0 Å². The van der Waals surface area contributed by atoms with Crippen molar-refractivity contribution in [2.75, 3.05) is 7.11 Å². The molecule has 0 N–H and O–H groups in total. The molecule has 13 heavy (non-hydrogen) atoms. The van der Waals surface area contributed by atoms with E-state index in [1.165, 1.54) is 19.6 Å². The molecule has 0 aliphatic carbocycles. The molecule has 2 heteroatoms. The fourth-order valence-electron chi connectivity index (χ4n) is 0.939. The molecule has 0 spiro atoms. The van der Waals surface area contributed by atoms with Crippen molar-refractivity contribution in [3.05, 3.63) is 24.3 Å². The predicted molar refractivity (Wildman–Crippen MR) is 54.4 cm³/mol. The topological polar surface area (TPSA) is 26.3 Å². The van der Waals surface area contributed by atoms with Gasteiger partial charge in [0.2, 0.25) is 0 Å². The highest BCUT2D eigenvalue weighted by molar-refractivity contribution is 5.81. The number of esters is 1. The van der Waals surface area contributed by atoms with E-state index in [9.17, 15) is 4.79 Å². The second-order valence-electron chi connectivity index (χ2n) is 2.78. The summed E-state index contributed by atoms with van der Waals surface area (Å²) in [7, 11) is 1.39. The first-order chi connectivity index (χ1) is 6.31. The summed E-state index contributed by atoms with van der Waals surface area (Å²) in [6, 6.07) is 0. The summed E-state index contributed by atoms with van der Waals surface area (Å²) in [5.74, 6) is -0.270. The third-order valence-electron chi connectivity index (χ3n) is 1.68. The molecule has 0 aliphatic heterocycles. The summed E-state index contributed by atoms with van der Waals surface area (Å²) >= 11 is 0. The quantitative estimate of drug-likeness (QED) is 0.273. The Bertz CT molecular complexity index is 181. The predicted octanol–water partition coefficient (Wildman–Crippen LogP) is 2.85. The summed E-state index contributed by atoms with van der Waals surface area (Å²) in [5, 5.41) is 0. The van der Waals surface area contributed by atoms with Crippen molar-refractivity contribution in [1.82, 2.24) is 0 Å². The second kappa shape index (κ2) is 9.04. The van der Waals surface area contributed by atoms with Crippen LogP contribution in [0.2, 0.25) is 0 Å². The van der Waals surface area contributed by atoms with Crippen molar-refractivity contribution < 1.29 is 9.53 Å². The van der Waals surface area contributed by atoms with Crippen molar-refractivity contribution in [2.24, 2.45) is 0 Å². The van der Waals surface area contributed by atoms with Crippen LogP contribution in [-0.2, 0) is 9.53 Å². The van der Waals surface area contributed by atoms with Crippen LogP contribution in [0.4, 0.5) is 0 Å². The first kappa shape index (κ1) is 11.9. The van der Waals surface area contributed by atoms with Crippen LogP contribution in [0.3, 0.4) is 0 Å². The van der Waals surface area contributed by atoms with Crippen LogP contribution in [0.15, 0.2) is 24.3 Å². The molecule has 2 nitrogen and oxygen atoms in total. The number of rotatable bonds is 6. The minimum absolute atomic E-state index is 0.270. The Hall–Kier alpha value is -1.05. The van der Waals surface area contributed by atoms with Crippen molar-refractivity contribution in [1.29, 1.82) is 0 Å². The van der Waals surface area contributed by atoms with E-state index in [4.69, 9.17) is 0 Å². The van der Waals surface area contributed by atoms with Crippen LogP contribution in [0.5, 0.6) is 0 Å². The Labute approximate surface area is 80.3 Å². The molecular weight excluding hydrogens is 164 g/mol. The third-order valence-corrected chi connectivity index (χ3v) is 1.68. The van der Waals surface area contributed by atoms with Gasteiger partial charge in [-0.3, -0.25) is 0 Å². The smallest absolute Gasteiger partial charge is 0.330 e. The molecule has 0 unspecified atom stereocenters. The lowest BCUT2D eigenvalue weighted by molar-refractivity contribution is -0.134. The van der Waals surface area contributed by atoms with Gasteiger partial charge in [0.15, 0.2) is 0 Å². The van der Waals surface area contributed by atoms with Gasteiger partial charge in [-0.15, -0.1) is 0 Å². The van der Waals surface area contributed by atoms with E-state index in [0.717, 1.165) is 19.3 Å². The molecule has 0 aromatic heterocycles. The van der Waals surface area contributed by atoms with Gasteiger partial charge >= 0.3 is 5.97 Å². The average molecular weight is 182 g/mol. The molecule has 74 valence electrons. The summed E-state index contributed by atoms with van der Waals surface area (Å²) in [6.45, 7) is 2.02. The molecule has 0 aliphatic rings. The van der Waals surface area contributed by atoms with Crippen LogP contribution in [0.1, 0.15) is 32.6 Å². The third kappa shape index (κ3) is 8.86. The Morgan fingerprint density at radius 2 is 1.85 bits per heavy atom. The number of carbonyl (C=O) groups is 1. The van der Waals surface area contributed by atoms with Crippen LogP contribution in [0.25, 0.3) is 0 Å². The van der Waals surface area contributed by atoms with Crippen molar-refractivity contribution in [3.8, 4) is 0 Å². The van der Waals surface area contributed by atoms with E-state index < -0.39 is 0 Å². The fraction of sp³-hybridized carbons (Fsp3) is 0.545. The van der Waals surface area contributed by atoms with Crippen molar-refractivity contribution in [3.63, 3.8) is 0 Å². The number of carbonyl (C=O) groups excluding carboxylic acids is 1. The van der Waals surface area contributed by atoms with Gasteiger partial charge in [0.1, 0.15) is 0 Å². The number of allylic oxidation sites excluding steroid dienone is 3. The monoisotopic (exact) mass is 182 g/mol. The van der Waals surface area contributed by atoms with E-state index in [-0.39, 0.29) is 5.97 Å². The van der Waals surface area contributed by atoms with Gasteiger partial charge in [0, 0.05) is 6.08 Å². The maximum atomic E-state index is 10.6. The van der Waals surface area contributed by atoms with Crippen LogP contribution in [-0.4, -0.2) is 13.1 Å². The maximum absolute atomic E-state index is 10.6. The van der Waals surface area contributed by atoms with E-state index in [2.05, 4.69) is 16.9 Å². The molecule has 0 radical (unpaired) electrons. The normalized spacial score (nSPS) is 11.2. The molecule has 0 aromatic carbocycles. The molecule has 0 fully saturated rings. The number of hydrogen-bond donors (Lipinski definition) is 0. The summed E-state index contributed by atoms with van der Waals surface area (Å²) < 4.78 is 4.46. The highest BCUT2D eigenvalue weighted by Gasteiger charge is 1.89. The molecule has 0 saturated carbocycles. The zero-order chi connectivity index (χ0) is 9.94. The van der Waals surface area contributed by atoms with E-state index >= 15 is 0 Å². The van der Waals surface area contributed by atoms with Crippen molar-refractivity contribution in [2.45, 2.75) is 32.6 Å². The molecule has 0 heterocycles. The van der Waals surface area contributed by atoms with Gasteiger partial charge in [-0.05, 0) is 32.6 Å². The van der Waals surface area contributed by atoms with Gasteiger partial charge in [0.25, 0.3) is 0 Å². The van der Waals surface area contributed by atoms with Gasteiger partial charge < -0.3 is 4.74 Å². The Kier molecular flexibility index (Phi) is 8.31. The van der Waals surface area contributed by atoms with Crippen molar-refractivity contribution >= 4 is 5.97 Å². The minimum atomic E-state index is -0.270. The average Bonchev–Trinajstić information content (AvgIpc) is 2.16. The maximum Gasteiger partial charge on any atom is 0.330 e. The highest BCUT2D eigenvalue weighted by atomic mass is 16.5. The lowest BCUT2D eigenvalue weighted by Gasteiger charge is -1.92. The largest absolute Gasteiger partial charge is 0.466 e. The first-order valence-corrected chi connectivity index (χ1v) is 4.67. The Morgan fingerprint density at radius 3 is 2.38 bits per heavy atom. The van der Waals surface area contributed by atoms with Crippen LogP contribution < -0.4 is 0 Å². The van der Waals surface area contributed by atoms with Gasteiger partial charge in [-0.1, -0.05) is 18.2 Å². The van der Waals surface area contributed by atoms with Gasteiger partial charge in [0.05, 0.1) is 7.11 Å². The van der Waals surface area contributed by atoms with E-state index in [0.29, 0.717) is 0 Å². The zero-order valence-electron chi connectivity index (χ0n) is 8.45. The molecule has 0 atom stereocenters. The fourth-order valence-corrected chi connectivity index (χ4v) is 0.939. The second-order valence-corrected chi connectivity index (χ2v) is 2.78. The molecule has 0 aromatic rings. The lowest BCUT2D eigenvalue weighted by Crippen LogP contribution is -1.93. The summed E-state index contributed by atoms with van der Waals surface area (Å²) in [5.41, 5.74) is 0. The molecule has 0 amide bonds.